The number of nitrogens with one attached hydrogen (secondary N) is 2. The molecule has 1 aliphatic rings. The normalized spacial score (nSPS) is 15.1. The van der Waals surface area contributed by atoms with Crippen LogP contribution in [0.2, 0.25) is 0 Å². The van der Waals surface area contributed by atoms with Gasteiger partial charge in [-0.3, -0.25) is 4.99 Å². The number of aliphatic imine (C=N–C) groups is 1. The van der Waals surface area contributed by atoms with Crippen LogP contribution in [0, 0.1) is 6.92 Å². The van der Waals surface area contributed by atoms with Crippen molar-refractivity contribution in [3.63, 3.8) is 0 Å². The van der Waals surface area contributed by atoms with E-state index in [0.29, 0.717) is 5.92 Å². The molecule has 1 aliphatic heterocycles. The van der Waals surface area contributed by atoms with E-state index < -0.39 is 0 Å². The first-order valence-electron chi connectivity index (χ1n) is 10.7. The highest BCUT2D eigenvalue weighted by Crippen LogP contribution is 2.17. The Morgan fingerprint density at radius 1 is 1.21 bits per heavy atom. The lowest BCUT2D eigenvalue weighted by molar-refractivity contribution is 0.600. The molecule has 0 fully saturated rings. The molecule has 2 heterocycles. The van der Waals surface area contributed by atoms with Crippen molar-refractivity contribution in [3.8, 4) is 0 Å². The predicted molar refractivity (Wildman–Crippen MR) is 130 cm³/mol. The Balaban J connectivity index is 0.00000300. The molecular weight excluding hydrogens is 475 g/mol. The summed E-state index contributed by atoms with van der Waals surface area (Å²) in [5.41, 5.74) is 2.64. The van der Waals surface area contributed by atoms with Crippen LogP contribution in [-0.2, 0) is 19.4 Å². The summed E-state index contributed by atoms with van der Waals surface area (Å²) in [5.74, 6) is 3.51. The van der Waals surface area contributed by atoms with Gasteiger partial charge in [0.15, 0.2) is 5.96 Å². The van der Waals surface area contributed by atoms with Crippen LogP contribution < -0.4 is 10.6 Å². The fourth-order valence-corrected chi connectivity index (χ4v) is 3.67. The molecule has 160 valence electrons. The van der Waals surface area contributed by atoms with Gasteiger partial charge in [0, 0.05) is 44.9 Å². The van der Waals surface area contributed by atoms with Crippen LogP contribution in [0.3, 0.4) is 0 Å². The molecule has 0 radical (unpaired) electrons. The van der Waals surface area contributed by atoms with Gasteiger partial charge in [-0.1, -0.05) is 43.2 Å². The van der Waals surface area contributed by atoms with Crippen molar-refractivity contribution in [2.24, 2.45) is 4.99 Å². The molecule has 0 aliphatic carbocycles. The van der Waals surface area contributed by atoms with Gasteiger partial charge in [0.1, 0.15) is 11.6 Å². The second-order valence-electron chi connectivity index (χ2n) is 7.71. The van der Waals surface area contributed by atoms with Crippen LogP contribution in [0.5, 0.6) is 0 Å². The first-order valence-corrected chi connectivity index (χ1v) is 10.7. The molecule has 2 N–H and O–H groups in total. The molecular formula is C22H35IN6. The van der Waals surface area contributed by atoms with Crippen LogP contribution in [0.25, 0.3) is 0 Å². The van der Waals surface area contributed by atoms with E-state index >= 15 is 0 Å². The number of aryl methyl sites for hydroxylation is 2. The van der Waals surface area contributed by atoms with E-state index in [4.69, 9.17) is 4.99 Å². The largest absolute Gasteiger partial charge is 0.357 e. The number of hydrogen-bond acceptors (Lipinski definition) is 3. The van der Waals surface area contributed by atoms with Gasteiger partial charge in [-0.15, -0.1) is 34.2 Å². The van der Waals surface area contributed by atoms with Gasteiger partial charge in [-0.05, 0) is 32.3 Å². The maximum atomic E-state index is 4.79. The van der Waals surface area contributed by atoms with Crippen molar-refractivity contribution in [2.45, 2.75) is 65.3 Å². The van der Waals surface area contributed by atoms with Gasteiger partial charge in [-0.2, -0.15) is 0 Å². The fraction of sp³-hybridized carbons (Fsp3) is 0.591. The van der Waals surface area contributed by atoms with Crippen LogP contribution in [0.4, 0.5) is 0 Å². The van der Waals surface area contributed by atoms with Gasteiger partial charge < -0.3 is 15.2 Å². The highest BCUT2D eigenvalue weighted by Gasteiger charge is 2.14. The average Bonchev–Trinajstić information content (AvgIpc) is 2.92. The third kappa shape index (κ3) is 6.97. The predicted octanol–water partition coefficient (Wildman–Crippen LogP) is 3.83. The molecule has 6 nitrogen and oxygen atoms in total. The number of benzene rings is 1. The van der Waals surface area contributed by atoms with Crippen molar-refractivity contribution >= 4 is 29.9 Å². The molecule has 0 bridgehead atoms. The molecule has 0 spiro atoms. The first-order chi connectivity index (χ1) is 13.7. The molecule has 2 aromatic rings. The van der Waals surface area contributed by atoms with E-state index in [9.17, 15) is 0 Å². The van der Waals surface area contributed by atoms with Crippen molar-refractivity contribution in [1.82, 2.24) is 25.4 Å². The van der Waals surface area contributed by atoms with Crippen molar-refractivity contribution in [2.75, 3.05) is 19.6 Å². The van der Waals surface area contributed by atoms with Crippen molar-refractivity contribution in [3.05, 3.63) is 47.0 Å². The third-order valence-corrected chi connectivity index (χ3v) is 5.31. The molecule has 0 amide bonds. The summed E-state index contributed by atoms with van der Waals surface area (Å²) in [4.78, 5) is 4.79. The fourth-order valence-electron chi connectivity index (χ4n) is 3.67. The number of hydrogen-bond donors (Lipinski definition) is 2. The lowest BCUT2D eigenvalue weighted by atomic mass is 10.00. The lowest BCUT2D eigenvalue weighted by Gasteiger charge is -2.14. The van der Waals surface area contributed by atoms with E-state index in [1.54, 1.807) is 0 Å². The van der Waals surface area contributed by atoms with E-state index in [0.717, 1.165) is 56.6 Å². The van der Waals surface area contributed by atoms with E-state index in [1.807, 2.05) is 0 Å². The van der Waals surface area contributed by atoms with Crippen molar-refractivity contribution < 1.29 is 0 Å². The van der Waals surface area contributed by atoms with Gasteiger partial charge in [0.05, 0.1) is 0 Å². The van der Waals surface area contributed by atoms with Crippen molar-refractivity contribution in [1.29, 1.82) is 0 Å². The van der Waals surface area contributed by atoms with Gasteiger partial charge in [0.2, 0.25) is 0 Å². The van der Waals surface area contributed by atoms with E-state index in [2.05, 4.69) is 70.4 Å². The summed E-state index contributed by atoms with van der Waals surface area (Å²) in [6.45, 7) is 9.94. The van der Waals surface area contributed by atoms with Crippen LogP contribution >= 0.6 is 24.0 Å². The topological polar surface area (TPSA) is 67.1 Å². The van der Waals surface area contributed by atoms with Crippen LogP contribution in [0.1, 0.15) is 61.8 Å². The van der Waals surface area contributed by atoms with Gasteiger partial charge in [-0.25, -0.2) is 0 Å². The Morgan fingerprint density at radius 2 is 2.07 bits per heavy atom. The molecule has 7 heteroatoms. The summed E-state index contributed by atoms with van der Waals surface area (Å²) >= 11 is 0. The zero-order valence-electron chi connectivity index (χ0n) is 17.9. The second kappa shape index (κ2) is 12.1. The smallest absolute Gasteiger partial charge is 0.191 e. The van der Waals surface area contributed by atoms with Gasteiger partial charge >= 0.3 is 0 Å². The Bertz CT molecular complexity index is 785. The standard InChI is InChI=1S/C22H34N6.HI/c1-4-23-22(25-16-18(3)19-10-8-9-17(2)15-19)24-13-12-21-27-26-20-11-6-5-7-14-28(20)21;/h8-10,15,18H,4-7,11-14,16H2,1-3H3,(H2,23,24,25);1H. The molecule has 0 saturated heterocycles. The number of guanidine groups is 1. The molecule has 1 aromatic carbocycles. The lowest BCUT2D eigenvalue weighted by Crippen LogP contribution is -2.38. The Morgan fingerprint density at radius 3 is 2.86 bits per heavy atom. The van der Waals surface area contributed by atoms with Crippen LogP contribution in [0.15, 0.2) is 29.3 Å². The molecule has 1 aromatic heterocycles. The monoisotopic (exact) mass is 510 g/mol. The van der Waals surface area contributed by atoms with E-state index in [-0.39, 0.29) is 24.0 Å². The minimum Gasteiger partial charge on any atom is -0.357 e. The molecule has 1 atom stereocenters. The highest BCUT2D eigenvalue weighted by molar-refractivity contribution is 14.0. The Hall–Kier alpha value is -1.64. The zero-order chi connectivity index (χ0) is 19.8. The molecule has 0 saturated carbocycles. The van der Waals surface area contributed by atoms with Gasteiger partial charge in [0.25, 0.3) is 0 Å². The minimum absolute atomic E-state index is 0. The average molecular weight is 510 g/mol. The summed E-state index contributed by atoms with van der Waals surface area (Å²) in [6, 6.07) is 8.69. The zero-order valence-corrected chi connectivity index (χ0v) is 20.3. The minimum atomic E-state index is 0. The first kappa shape index (κ1) is 23.6. The Labute approximate surface area is 192 Å². The second-order valence-corrected chi connectivity index (χ2v) is 7.71. The molecule has 1 unspecified atom stereocenters. The number of halogens is 1. The highest BCUT2D eigenvalue weighted by atomic mass is 127. The quantitative estimate of drug-likeness (QED) is 0.338. The summed E-state index contributed by atoms with van der Waals surface area (Å²) in [5, 5.41) is 15.6. The van der Waals surface area contributed by atoms with E-state index in [1.165, 1.54) is 30.4 Å². The SMILES string of the molecule is CCNC(=NCC(C)c1cccc(C)c1)NCCc1nnc2n1CCCCC2.I. The number of aromatic nitrogens is 3. The third-order valence-electron chi connectivity index (χ3n) is 5.31. The summed E-state index contributed by atoms with van der Waals surface area (Å²) < 4.78 is 2.32. The molecule has 29 heavy (non-hydrogen) atoms. The number of fused-ring (bicyclic) bond motifs is 1. The molecule has 3 rings (SSSR count). The Kier molecular flexibility index (Phi) is 9.90. The maximum absolute atomic E-state index is 4.79. The summed E-state index contributed by atoms with van der Waals surface area (Å²) in [7, 11) is 0. The number of nitrogens with zero attached hydrogens (tertiary/aromatic N) is 4. The summed E-state index contributed by atoms with van der Waals surface area (Å²) in [6.07, 6.45) is 5.67. The van der Waals surface area contributed by atoms with Crippen LogP contribution in [-0.4, -0.2) is 40.4 Å². The maximum Gasteiger partial charge on any atom is 0.191 e. The number of rotatable bonds is 7.